The third-order valence-corrected chi connectivity index (χ3v) is 1.92. The Morgan fingerprint density at radius 3 is 2.25 bits per heavy atom. The number of halogens is 1. The molecule has 1 unspecified atom stereocenters. The molecule has 0 saturated carbocycles. The van der Waals surface area contributed by atoms with Gasteiger partial charge in [0.05, 0.1) is 0 Å². The molecular formula is C10H16BrN. The zero-order valence-corrected chi connectivity index (χ0v) is 9.72. The first-order valence-electron chi connectivity index (χ1n) is 4.27. The summed E-state index contributed by atoms with van der Waals surface area (Å²) in [6.07, 6.45) is 1.90. The maximum absolute atomic E-state index is 4.17. The van der Waals surface area contributed by atoms with Crippen molar-refractivity contribution in [3.63, 3.8) is 0 Å². The smallest absolute Gasteiger partial charge is 0.0382 e. The van der Waals surface area contributed by atoms with E-state index in [0.29, 0.717) is 4.83 Å². The number of hydrogen-bond acceptors (Lipinski definition) is 1. The lowest BCUT2D eigenvalue weighted by Crippen LogP contribution is -1.86. The summed E-state index contributed by atoms with van der Waals surface area (Å²) in [6.45, 7) is 8.08. The Balaban J connectivity index is 0.000000561. The first-order valence-corrected chi connectivity index (χ1v) is 5.18. The Hall–Kier alpha value is -0.370. The lowest BCUT2D eigenvalue weighted by molar-refractivity contribution is 1.07. The molecule has 0 spiro atoms. The van der Waals surface area contributed by atoms with Gasteiger partial charge in [-0.15, -0.1) is 0 Å². The van der Waals surface area contributed by atoms with E-state index < -0.39 is 0 Å². The average molecular weight is 230 g/mol. The van der Waals surface area contributed by atoms with Crippen molar-refractivity contribution >= 4 is 15.9 Å². The van der Waals surface area contributed by atoms with Crippen LogP contribution in [0.15, 0.2) is 18.3 Å². The number of pyridine rings is 1. The van der Waals surface area contributed by atoms with E-state index in [-0.39, 0.29) is 0 Å². The molecule has 1 aromatic rings. The van der Waals surface area contributed by atoms with Gasteiger partial charge in [0.1, 0.15) is 0 Å². The number of aromatic nitrogens is 1. The quantitative estimate of drug-likeness (QED) is 0.667. The van der Waals surface area contributed by atoms with Crippen molar-refractivity contribution in [2.45, 2.75) is 32.5 Å². The molecule has 1 aromatic heterocycles. The van der Waals surface area contributed by atoms with Gasteiger partial charge >= 0.3 is 0 Å². The molecule has 0 saturated heterocycles. The second-order valence-electron chi connectivity index (χ2n) is 2.35. The monoisotopic (exact) mass is 229 g/mol. The molecule has 1 nitrogen and oxygen atoms in total. The predicted molar refractivity (Wildman–Crippen MR) is 57.7 cm³/mol. The van der Waals surface area contributed by atoms with Crippen molar-refractivity contribution in [1.29, 1.82) is 0 Å². The Labute approximate surface area is 83.3 Å². The molecule has 0 amide bonds. The third kappa shape index (κ3) is 3.86. The molecule has 1 heterocycles. The number of rotatable bonds is 1. The van der Waals surface area contributed by atoms with Gasteiger partial charge in [0.15, 0.2) is 0 Å². The predicted octanol–water partition coefficient (Wildman–Crippen LogP) is 3.87. The van der Waals surface area contributed by atoms with Gasteiger partial charge in [-0.1, -0.05) is 35.8 Å². The van der Waals surface area contributed by atoms with E-state index in [1.807, 2.05) is 33.0 Å². The van der Waals surface area contributed by atoms with Crippen LogP contribution in [0.1, 0.15) is 36.9 Å². The number of nitrogens with zero attached hydrogens (tertiary/aromatic N) is 1. The maximum atomic E-state index is 4.17. The number of aryl methyl sites for hydroxylation is 1. The molecule has 0 aromatic carbocycles. The van der Waals surface area contributed by atoms with E-state index >= 15 is 0 Å². The molecule has 12 heavy (non-hydrogen) atoms. The largest absolute Gasteiger partial charge is 0.261 e. The summed E-state index contributed by atoms with van der Waals surface area (Å²) in [5, 5.41) is 0. The first kappa shape index (κ1) is 11.6. The summed E-state index contributed by atoms with van der Waals surface area (Å²) in [5.74, 6) is 0. The van der Waals surface area contributed by atoms with Crippen LogP contribution < -0.4 is 0 Å². The van der Waals surface area contributed by atoms with Crippen LogP contribution in [0.2, 0.25) is 0 Å². The average Bonchev–Trinajstić information content (AvgIpc) is 2.09. The van der Waals surface area contributed by atoms with Gasteiger partial charge in [-0.05, 0) is 25.5 Å². The minimum atomic E-state index is 0.403. The van der Waals surface area contributed by atoms with Crippen LogP contribution in [0.3, 0.4) is 0 Å². The molecular weight excluding hydrogens is 214 g/mol. The van der Waals surface area contributed by atoms with Crippen LogP contribution in [-0.2, 0) is 0 Å². The van der Waals surface area contributed by atoms with E-state index in [2.05, 4.69) is 33.9 Å². The van der Waals surface area contributed by atoms with E-state index in [0.717, 1.165) is 5.69 Å². The highest BCUT2D eigenvalue weighted by atomic mass is 79.9. The second-order valence-corrected chi connectivity index (χ2v) is 3.72. The van der Waals surface area contributed by atoms with Crippen LogP contribution >= 0.6 is 15.9 Å². The number of alkyl halides is 1. The van der Waals surface area contributed by atoms with Gasteiger partial charge in [0.2, 0.25) is 0 Å². The first-order chi connectivity index (χ1) is 5.70. The minimum Gasteiger partial charge on any atom is -0.261 e. The fourth-order valence-corrected chi connectivity index (χ4v) is 0.985. The molecule has 68 valence electrons. The molecule has 0 fully saturated rings. The minimum absolute atomic E-state index is 0.403. The van der Waals surface area contributed by atoms with Crippen molar-refractivity contribution < 1.29 is 0 Å². The van der Waals surface area contributed by atoms with Crippen LogP contribution in [0, 0.1) is 6.92 Å². The highest BCUT2D eigenvalue weighted by Gasteiger charge is 1.98. The van der Waals surface area contributed by atoms with Crippen LogP contribution in [0.5, 0.6) is 0 Å². The molecule has 1 atom stereocenters. The van der Waals surface area contributed by atoms with Crippen LogP contribution in [0.25, 0.3) is 0 Å². The zero-order chi connectivity index (χ0) is 9.56. The summed E-state index contributed by atoms with van der Waals surface area (Å²) in [7, 11) is 0. The zero-order valence-electron chi connectivity index (χ0n) is 8.13. The summed E-state index contributed by atoms with van der Waals surface area (Å²) < 4.78 is 0. The van der Waals surface area contributed by atoms with Gasteiger partial charge in [0.25, 0.3) is 0 Å². The van der Waals surface area contributed by atoms with Crippen molar-refractivity contribution in [1.82, 2.24) is 4.98 Å². The molecule has 2 heteroatoms. The van der Waals surface area contributed by atoms with E-state index in [1.54, 1.807) is 0 Å². The molecule has 0 aliphatic rings. The second kappa shape index (κ2) is 6.18. The highest BCUT2D eigenvalue weighted by Crippen LogP contribution is 2.19. The summed E-state index contributed by atoms with van der Waals surface area (Å²) >= 11 is 3.47. The molecule has 0 aliphatic carbocycles. The van der Waals surface area contributed by atoms with Crippen molar-refractivity contribution in [3.8, 4) is 0 Å². The maximum Gasteiger partial charge on any atom is 0.0382 e. The standard InChI is InChI=1S/C8H10BrN.C2H6/c1-6-3-4-8(5-10-6)7(2)9;1-2/h3-5,7H,1-2H3;1-2H3. The summed E-state index contributed by atoms with van der Waals surface area (Å²) in [4.78, 5) is 4.57. The van der Waals surface area contributed by atoms with Gasteiger partial charge in [-0.2, -0.15) is 0 Å². The van der Waals surface area contributed by atoms with Gasteiger partial charge in [0, 0.05) is 16.7 Å². The fraction of sp³-hybridized carbons (Fsp3) is 0.500. The molecule has 0 N–H and O–H groups in total. The Morgan fingerprint density at radius 1 is 1.33 bits per heavy atom. The van der Waals surface area contributed by atoms with Crippen LogP contribution in [0.4, 0.5) is 0 Å². The number of hydrogen-bond donors (Lipinski definition) is 0. The van der Waals surface area contributed by atoms with E-state index in [4.69, 9.17) is 0 Å². The van der Waals surface area contributed by atoms with Crippen LogP contribution in [-0.4, -0.2) is 4.98 Å². The Morgan fingerprint density at radius 2 is 1.92 bits per heavy atom. The lowest BCUT2D eigenvalue weighted by atomic mass is 10.2. The molecule has 1 rings (SSSR count). The highest BCUT2D eigenvalue weighted by molar-refractivity contribution is 9.09. The summed E-state index contributed by atoms with van der Waals surface area (Å²) in [6, 6.07) is 4.11. The molecule has 0 bridgehead atoms. The van der Waals surface area contributed by atoms with Crippen molar-refractivity contribution in [3.05, 3.63) is 29.6 Å². The normalized spacial score (nSPS) is 11.4. The third-order valence-electron chi connectivity index (χ3n) is 1.39. The fourth-order valence-electron chi connectivity index (χ4n) is 0.715. The topological polar surface area (TPSA) is 12.9 Å². The SMILES string of the molecule is CC.Cc1ccc(C(C)Br)cn1. The van der Waals surface area contributed by atoms with Gasteiger partial charge < -0.3 is 0 Å². The van der Waals surface area contributed by atoms with E-state index in [9.17, 15) is 0 Å². The molecule has 0 aliphatic heterocycles. The van der Waals surface area contributed by atoms with Gasteiger partial charge in [-0.25, -0.2) is 0 Å². The summed E-state index contributed by atoms with van der Waals surface area (Å²) in [5.41, 5.74) is 2.29. The Kier molecular flexibility index (Phi) is 5.99. The van der Waals surface area contributed by atoms with Crippen molar-refractivity contribution in [2.24, 2.45) is 0 Å². The van der Waals surface area contributed by atoms with Gasteiger partial charge in [-0.3, -0.25) is 4.98 Å². The van der Waals surface area contributed by atoms with Crippen molar-refractivity contribution in [2.75, 3.05) is 0 Å². The molecule has 0 radical (unpaired) electrons. The van der Waals surface area contributed by atoms with E-state index in [1.165, 1.54) is 5.56 Å². The Bertz CT molecular complexity index is 204. The lowest BCUT2D eigenvalue weighted by Gasteiger charge is -2.01.